The van der Waals surface area contributed by atoms with E-state index in [0.29, 0.717) is 13.2 Å². The maximum atomic E-state index is 10.9. The minimum Gasteiger partial charge on any atom is -0.489 e. The van der Waals surface area contributed by atoms with Gasteiger partial charge in [-0.15, -0.1) is 0 Å². The minimum atomic E-state index is -0.561. The monoisotopic (exact) mass is 454 g/mol. The zero-order valence-corrected chi connectivity index (χ0v) is 19.1. The van der Waals surface area contributed by atoms with E-state index in [4.69, 9.17) is 16.3 Å². The van der Waals surface area contributed by atoms with Crippen LogP contribution in [-0.2, 0) is 6.61 Å². The largest absolute Gasteiger partial charge is 0.489 e. The molecule has 0 saturated carbocycles. The van der Waals surface area contributed by atoms with Gasteiger partial charge in [-0.1, -0.05) is 54.1 Å². The number of aromatic nitrogens is 1. The highest BCUT2D eigenvalue weighted by atomic mass is 35.5. The van der Waals surface area contributed by atoms with E-state index in [0.717, 1.165) is 32.8 Å². The van der Waals surface area contributed by atoms with Gasteiger partial charge in [0.2, 0.25) is 0 Å². The summed E-state index contributed by atoms with van der Waals surface area (Å²) in [6, 6.07) is 25.7. The lowest BCUT2D eigenvalue weighted by Gasteiger charge is -2.26. The number of nitrogens with zero attached hydrogens (tertiary/aromatic N) is 1. The van der Waals surface area contributed by atoms with Gasteiger partial charge in [0.1, 0.15) is 12.4 Å². The number of halogens is 1. The highest BCUT2D eigenvalue weighted by molar-refractivity contribution is 7.59. The van der Waals surface area contributed by atoms with E-state index in [1.807, 2.05) is 67.8 Å². The van der Waals surface area contributed by atoms with E-state index in [2.05, 4.69) is 34.1 Å². The maximum Gasteiger partial charge on any atom is 0.120 e. The molecule has 162 valence electrons. The first-order valence-corrected chi connectivity index (χ1v) is 10.4. The van der Waals surface area contributed by atoms with Crippen LogP contribution in [0, 0.1) is 0 Å². The summed E-state index contributed by atoms with van der Waals surface area (Å²) in [7, 11) is 1.85. The fourth-order valence-electron chi connectivity index (χ4n) is 3.76. The van der Waals surface area contributed by atoms with Crippen LogP contribution >= 0.6 is 25.1 Å². The first-order chi connectivity index (χ1) is 14.7. The van der Waals surface area contributed by atoms with Crippen LogP contribution in [0.25, 0.3) is 10.9 Å². The molecule has 0 bridgehead atoms. The number of hydrogen-bond acceptors (Lipinski definition) is 3. The van der Waals surface area contributed by atoms with Gasteiger partial charge in [-0.2, -0.15) is 13.5 Å². The highest BCUT2D eigenvalue weighted by Crippen LogP contribution is 2.30. The molecule has 4 rings (SSSR count). The van der Waals surface area contributed by atoms with Crippen molar-refractivity contribution in [1.82, 2.24) is 9.88 Å². The number of ether oxygens (including phenoxy) is 1. The second-order valence-electron chi connectivity index (χ2n) is 7.34. The minimum absolute atomic E-state index is 0. The second-order valence-corrected chi connectivity index (χ2v) is 7.78. The van der Waals surface area contributed by atoms with Crippen molar-refractivity contribution >= 4 is 36.0 Å². The molecule has 3 aromatic carbocycles. The van der Waals surface area contributed by atoms with Crippen LogP contribution in [0.15, 0.2) is 85.1 Å². The Hall–Kier alpha value is -2.44. The van der Waals surface area contributed by atoms with Crippen molar-refractivity contribution in [3.63, 3.8) is 0 Å². The lowest BCUT2D eigenvalue weighted by molar-refractivity contribution is 0.132. The smallest absolute Gasteiger partial charge is 0.120 e. The van der Waals surface area contributed by atoms with E-state index in [1.54, 1.807) is 0 Å². The van der Waals surface area contributed by atoms with Gasteiger partial charge >= 0.3 is 0 Å². The summed E-state index contributed by atoms with van der Waals surface area (Å²) >= 11 is 5.94. The van der Waals surface area contributed by atoms with E-state index in [1.165, 1.54) is 0 Å². The summed E-state index contributed by atoms with van der Waals surface area (Å²) in [6.07, 6.45) is 1.47. The summed E-state index contributed by atoms with van der Waals surface area (Å²) < 4.78 is 8.10. The zero-order valence-electron chi connectivity index (χ0n) is 17.3. The van der Waals surface area contributed by atoms with Crippen molar-refractivity contribution in [3.8, 4) is 5.75 Å². The Balaban J connectivity index is 0.00000272. The van der Waals surface area contributed by atoms with Crippen molar-refractivity contribution in [2.75, 3.05) is 13.6 Å². The molecule has 1 aromatic heterocycles. The van der Waals surface area contributed by atoms with E-state index >= 15 is 0 Å². The Bertz CT molecular complexity index is 1100. The molecule has 0 unspecified atom stereocenters. The molecule has 0 fully saturated rings. The molecule has 4 nitrogen and oxygen atoms in total. The lowest BCUT2D eigenvalue weighted by Crippen LogP contribution is -2.33. The number of aliphatic hydroxyl groups excluding tert-OH is 1. The fraction of sp³-hybridized carbons (Fsp3) is 0.200. The third-order valence-electron chi connectivity index (χ3n) is 5.23. The first kappa shape index (κ1) is 23.2. The molecule has 0 aliphatic heterocycles. The van der Waals surface area contributed by atoms with Crippen molar-refractivity contribution in [1.29, 1.82) is 0 Å². The summed E-state index contributed by atoms with van der Waals surface area (Å²) in [5.41, 5.74) is 3.19. The molecule has 0 saturated heterocycles. The number of aliphatic hydroxyl groups is 1. The number of benzene rings is 3. The second kappa shape index (κ2) is 10.7. The van der Waals surface area contributed by atoms with Crippen molar-refractivity contribution < 1.29 is 9.84 Å². The van der Waals surface area contributed by atoms with Crippen LogP contribution in [0.4, 0.5) is 0 Å². The van der Waals surface area contributed by atoms with Crippen LogP contribution < -0.4 is 10.1 Å². The lowest BCUT2D eigenvalue weighted by atomic mass is 10.0. The Kier molecular flexibility index (Phi) is 8.04. The molecule has 0 spiro atoms. The molecule has 2 N–H and O–H groups in total. The standard InChI is InChI=1S/C25H25ClN2O2.H2S/c1-27-16-24(29)25(19-5-3-2-4-6-19)28-14-13-20-15-22(11-12-23(20)28)30-17-18-7-9-21(26)10-8-18;/h2-15,24-25,27,29H,16-17H2,1H3;1H2/t24-,25+;/m1./s1. The van der Waals surface area contributed by atoms with E-state index in [-0.39, 0.29) is 19.5 Å². The van der Waals surface area contributed by atoms with Crippen molar-refractivity contribution in [2.45, 2.75) is 18.8 Å². The average Bonchev–Trinajstić information content (AvgIpc) is 3.17. The molecule has 4 aromatic rings. The van der Waals surface area contributed by atoms with E-state index in [9.17, 15) is 5.11 Å². The van der Waals surface area contributed by atoms with Gasteiger partial charge in [-0.05, 0) is 54.6 Å². The highest BCUT2D eigenvalue weighted by Gasteiger charge is 2.23. The molecule has 2 atom stereocenters. The van der Waals surface area contributed by atoms with Gasteiger partial charge < -0.3 is 19.7 Å². The maximum absolute atomic E-state index is 10.9. The van der Waals surface area contributed by atoms with Crippen LogP contribution in [0.1, 0.15) is 17.2 Å². The van der Waals surface area contributed by atoms with Gasteiger partial charge in [0, 0.05) is 28.7 Å². The quantitative estimate of drug-likeness (QED) is 0.386. The summed E-state index contributed by atoms with van der Waals surface area (Å²) in [6.45, 7) is 0.985. The van der Waals surface area contributed by atoms with Gasteiger partial charge in [0.25, 0.3) is 0 Å². The van der Waals surface area contributed by atoms with Crippen LogP contribution in [0.2, 0.25) is 5.02 Å². The summed E-state index contributed by atoms with van der Waals surface area (Å²) in [5, 5.41) is 15.7. The molecule has 0 radical (unpaired) electrons. The van der Waals surface area contributed by atoms with Crippen molar-refractivity contribution in [3.05, 3.63) is 101 Å². The molecule has 0 aliphatic rings. The predicted molar refractivity (Wildman–Crippen MR) is 133 cm³/mol. The molecule has 6 heteroatoms. The number of likely N-dealkylation sites (N-methyl/N-ethyl adjacent to an activating group) is 1. The number of fused-ring (bicyclic) bond motifs is 1. The van der Waals surface area contributed by atoms with Crippen LogP contribution in [0.3, 0.4) is 0 Å². The SMILES string of the molecule is CNC[C@@H](O)[C@H](c1ccccc1)n1ccc2cc(OCc3ccc(Cl)cc3)ccc21.S. The first-order valence-electron chi connectivity index (χ1n) is 10.0. The molecular formula is C25H27ClN2O2S. The van der Waals surface area contributed by atoms with Gasteiger partial charge in [-0.25, -0.2) is 0 Å². The Morgan fingerprint density at radius 3 is 2.45 bits per heavy atom. The van der Waals surface area contributed by atoms with Crippen molar-refractivity contribution in [2.24, 2.45) is 0 Å². The summed E-state index contributed by atoms with van der Waals surface area (Å²) in [5.74, 6) is 0.808. The molecule has 0 amide bonds. The molecule has 0 aliphatic carbocycles. The third-order valence-corrected chi connectivity index (χ3v) is 5.48. The Labute approximate surface area is 194 Å². The molecule has 31 heavy (non-hydrogen) atoms. The third kappa shape index (κ3) is 5.43. The Morgan fingerprint density at radius 1 is 1.00 bits per heavy atom. The topological polar surface area (TPSA) is 46.4 Å². The van der Waals surface area contributed by atoms with Gasteiger partial charge in [-0.3, -0.25) is 0 Å². The normalized spacial score (nSPS) is 12.9. The fourth-order valence-corrected chi connectivity index (χ4v) is 3.89. The Morgan fingerprint density at radius 2 is 1.74 bits per heavy atom. The summed E-state index contributed by atoms with van der Waals surface area (Å²) in [4.78, 5) is 0. The zero-order chi connectivity index (χ0) is 20.9. The van der Waals surface area contributed by atoms with Crippen LogP contribution in [-0.4, -0.2) is 29.4 Å². The van der Waals surface area contributed by atoms with Gasteiger partial charge in [0.15, 0.2) is 0 Å². The average molecular weight is 455 g/mol. The predicted octanol–water partition coefficient (Wildman–Crippen LogP) is 5.16. The molecule has 1 heterocycles. The van der Waals surface area contributed by atoms with E-state index < -0.39 is 6.10 Å². The van der Waals surface area contributed by atoms with Gasteiger partial charge in [0.05, 0.1) is 12.1 Å². The van der Waals surface area contributed by atoms with Crippen LogP contribution in [0.5, 0.6) is 5.75 Å². The molecular weight excluding hydrogens is 428 g/mol. The number of hydrogen-bond donors (Lipinski definition) is 2. The number of rotatable bonds is 8. The number of nitrogens with one attached hydrogen (secondary N) is 1.